The van der Waals surface area contributed by atoms with Crippen LogP contribution in [0.4, 0.5) is 10.2 Å². The van der Waals surface area contributed by atoms with E-state index < -0.39 is 11.7 Å². The van der Waals surface area contributed by atoms with E-state index in [4.69, 9.17) is 0 Å². The van der Waals surface area contributed by atoms with Crippen LogP contribution in [0.5, 0.6) is 0 Å². The lowest BCUT2D eigenvalue weighted by Crippen LogP contribution is -2.33. The summed E-state index contributed by atoms with van der Waals surface area (Å²) >= 11 is 0. The zero-order valence-corrected chi connectivity index (χ0v) is 14.9. The molecule has 0 aromatic carbocycles. The van der Waals surface area contributed by atoms with E-state index in [0.29, 0.717) is 17.5 Å². The molecule has 0 spiro atoms. The minimum atomic E-state index is -0.515. The number of carbonyl (C=O) groups excluding carboxylic acids is 2. The van der Waals surface area contributed by atoms with Gasteiger partial charge < -0.3 is 15.1 Å². The second-order valence-corrected chi connectivity index (χ2v) is 7.18. The van der Waals surface area contributed by atoms with Gasteiger partial charge in [0.15, 0.2) is 0 Å². The van der Waals surface area contributed by atoms with E-state index in [2.05, 4.69) is 27.2 Å². The van der Waals surface area contributed by atoms with Gasteiger partial charge >= 0.3 is 0 Å². The highest BCUT2D eigenvalue weighted by molar-refractivity contribution is 6.02. The van der Waals surface area contributed by atoms with E-state index in [9.17, 15) is 14.0 Å². The molecule has 1 N–H and O–H groups in total. The number of carbonyl (C=O) groups is 2. The number of rotatable bonds is 3. The Morgan fingerprint density at radius 1 is 1.07 bits per heavy atom. The van der Waals surface area contributed by atoms with Crippen LogP contribution < -0.4 is 5.32 Å². The molecule has 2 atom stereocenters. The van der Waals surface area contributed by atoms with Crippen LogP contribution in [0, 0.1) is 17.7 Å². The van der Waals surface area contributed by atoms with Gasteiger partial charge in [0.2, 0.25) is 0 Å². The zero-order valence-electron chi connectivity index (χ0n) is 14.9. The van der Waals surface area contributed by atoms with E-state index in [1.54, 1.807) is 18.2 Å². The summed E-state index contributed by atoms with van der Waals surface area (Å²) < 4.78 is 12.9. The summed E-state index contributed by atoms with van der Waals surface area (Å²) in [6.07, 6.45) is 0.976. The predicted molar refractivity (Wildman–Crippen MR) is 96.8 cm³/mol. The van der Waals surface area contributed by atoms with Gasteiger partial charge in [-0.15, -0.1) is 0 Å². The molecule has 0 bridgehead atoms. The molecule has 0 saturated carbocycles. The van der Waals surface area contributed by atoms with Crippen molar-refractivity contribution in [1.82, 2.24) is 19.8 Å². The zero-order chi connectivity index (χ0) is 19.0. The molecule has 2 aliphatic rings. The van der Waals surface area contributed by atoms with Crippen LogP contribution in [0.1, 0.15) is 21.0 Å². The maximum absolute atomic E-state index is 12.9. The molecule has 0 aliphatic carbocycles. The summed E-state index contributed by atoms with van der Waals surface area (Å²) in [5, 5.41) is 2.60. The standard InChI is InChI=1S/C19H20FN5O2/c1-24-8-12-10-25(11-13(12)9-24)19(27)16-3-2-4-17(22-16)23-18(26)15-6-5-14(20)7-21-15/h2-7,12-13H,8-11H2,1H3,(H,22,23,26). The molecule has 140 valence electrons. The topological polar surface area (TPSA) is 78.4 Å². The summed E-state index contributed by atoms with van der Waals surface area (Å²) in [6.45, 7) is 3.52. The first-order valence-corrected chi connectivity index (χ1v) is 8.87. The van der Waals surface area contributed by atoms with Gasteiger partial charge in [-0.3, -0.25) is 9.59 Å². The second kappa shape index (κ2) is 7.03. The van der Waals surface area contributed by atoms with Gasteiger partial charge in [0, 0.05) is 26.2 Å². The first-order chi connectivity index (χ1) is 13.0. The molecule has 2 aromatic rings. The molecule has 0 radical (unpaired) electrons. The van der Waals surface area contributed by atoms with Crippen LogP contribution in [0.3, 0.4) is 0 Å². The fourth-order valence-electron chi connectivity index (χ4n) is 3.87. The first-order valence-electron chi connectivity index (χ1n) is 8.87. The summed E-state index contributed by atoms with van der Waals surface area (Å²) in [5.41, 5.74) is 0.375. The number of nitrogens with zero attached hydrogens (tertiary/aromatic N) is 4. The van der Waals surface area contributed by atoms with Crippen molar-refractivity contribution >= 4 is 17.6 Å². The third-order valence-electron chi connectivity index (χ3n) is 5.13. The molecule has 2 amide bonds. The quantitative estimate of drug-likeness (QED) is 0.887. The number of aromatic nitrogens is 2. The summed E-state index contributed by atoms with van der Waals surface area (Å²) in [4.78, 5) is 37.1. The third-order valence-corrected chi connectivity index (χ3v) is 5.13. The summed E-state index contributed by atoms with van der Waals surface area (Å²) in [7, 11) is 2.11. The number of anilines is 1. The minimum Gasteiger partial charge on any atom is -0.337 e. The van der Waals surface area contributed by atoms with Gasteiger partial charge in [0.05, 0.1) is 6.20 Å². The maximum Gasteiger partial charge on any atom is 0.275 e. The van der Waals surface area contributed by atoms with E-state index >= 15 is 0 Å². The molecule has 4 heterocycles. The second-order valence-electron chi connectivity index (χ2n) is 7.18. The molecular formula is C19H20FN5O2. The van der Waals surface area contributed by atoms with Gasteiger partial charge in [-0.1, -0.05) is 6.07 Å². The number of likely N-dealkylation sites (tertiary alicyclic amines) is 2. The number of pyridine rings is 2. The van der Waals surface area contributed by atoms with Crippen molar-refractivity contribution in [3.63, 3.8) is 0 Å². The molecule has 2 aromatic heterocycles. The van der Waals surface area contributed by atoms with Crippen molar-refractivity contribution in [1.29, 1.82) is 0 Å². The van der Waals surface area contributed by atoms with E-state index in [1.807, 2.05) is 4.90 Å². The summed E-state index contributed by atoms with van der Waals surface area (Å²) in [6, 6.07) is 7.38. The van der Waals surface area contributed by atoms with Gasteiger partial charge in [0.1, 0.15) is 23.0 Å². The van der Waals surface area contributed by atoms with Crippen LogP contribution in [0.25, 0.3) is 0 Å². The number of amides is 2. The lowest BCUT2D eigenvalue weighted by atomic mass is 10.0. The highest BCUT2D eigenvalue weighted by Crippen LogP contribution is 2.30. The fourth-order valence-corrected chi connectivity index (χ4v) is 3.87. The molecule has 2 saturated heterocycles. The number of nitrogens with one attached hydrogen (secondary N) is 1. The Bertz CT molecular complexity index is 859. The van der Waals surface area contributed by atoms with Crippen molar-refractivity contribution < 1.29 is 14.0 Å². The van der Waals surface area contributed by atoms with Crippen LogP contribution in [0.15, 0.2) is 36.5 Å². The average molecular weight is 369 g/mol. The number of hydrogen-bond donors (Lipinski definition) is 1. The molecule has 7 nitrogen and oxygen atoms in total. The largest absolute Gasteiger partial charge is 0.337 e. The van der Waals surface area contributed by atoms with Crippen molar-refractivity contribution in [3.05, 3.63) is 53.7 Å². The van der Waals surface area contributed by atoms with Crippen molar-refractivity contribution in [2.75, 3.05) is 38.5 Å². The highest BCUT2D eigenvalue weighted by atomic mass is 19.1. The third kappa shape index (κ3) is 3.66. The highest BCUT2D eigenvalue weighted by Gasteiger charge is 2.40. The van der Waals surface area contributed by atoms with Gasteiger partial charge in [-0.25, -0.2) is 14.4 Å². The molecule has 27 heavy (non-hydrogen) atoms. The lowest BCUT2D eigenvalue weighted by molar-refractivity contribution is 0.0770. The SMILES string of the molecule is CN1CC2CN(C(=O)c3cccc(NC(=O)c4ccc(F)cn4)n3)CC2C1. The Hall–Kier alpha value is -2.87. The molecule has 4 rings (SSSR count). The van der Waals surface area contributed by atoms with Gasteiger partial charge in [-0.05, 0) is 43.1 Å². The van der Waals surface area contributed by atoms with Crippen molar-refractivity contribution in [2.24, 2.45) is 11.8 Å². The number of halogens is 1. The normalized spacial score (nSPS) is 21.9. The number of hydrogen-bond acceptors (Lipinski definition) is 5. The molecule has 2 fully saturated rings. The smallest absolute Gasteiger partial charge is 0.275 e. The number of fused-ring (bicyclic) bond motifs is 1. The lowest BCUT2D eigenvalue weighted by Gasteiger charge is -2.19. The molecule has 2 aliphatic heterocycles. The van der Waals surface area contributed by atoms with E-state index in [-0.39, 0.29) is 17.4 Å². The van der Waals surface area contributed by atoms with Crippen LogP contribution in [0.2, 0.25) is 0 Å². The van der Waals surface area contributed by atoms with Gasteiger partial charge in [-0.2, -0.15) is 0 Å². The Morgan fingerprint density at radius 3 is 2.48 bits per heavy atom. The van der Waals surface area contributed by atoms with Crippen LogP contribution in [-0.4, -0.2) is 64.8 Å². The van der Waals surface area contributed by atoms with Crippen molar-refractivity contribution in [3.8, 4) is 0 Å². The van der Waals surface area contributed by atoms with Crippen molar-refractivity contribution in [2.45, 2.75) is 0 Å². The van der Waals surface area contributed by atoms with Crippen LogP contribution in [-0.2, 0) is 0 Å². The predicted octanol–water partition coefficient (Wildman–Crippen LogP) is 1.50. The fraction of sp³-hybridized carbons (Fsp3) is 0.368. The molecule has 8 heteroatoms. The Morgan fingerprint density at radius 2 is 1.81 bits per heavy atom. The maximum atomic E-state index is 12.9. The average Bonchev–Trinajstić information content (AvgIpc) is 3.19. The molecular weight excluding hydrogens is 349 g/mol. The minimum absolute atomic E-state index is 0.0754. The summed E-state index contributed by atoms with van der Waals surface area (Å²) in [5.74, 6) is 0.154. The monoisotopic (exact) mass is 369 g/mol. The Kier molecular flexibility index (Phi) is 4.57. The first kappa shape index (κ1) is 17.5. The van der Waals surface area contributed by atoms with E-state index in [1.165, 1.54) is 6.07 Å². The Balaban J connectivity index is 1.44. The van der Waals surface area contributed by atoms with E-state index in [0.717, 1.165) is 38.4 Å². The Labute approximate surface area is 156 Å². The molecule has 2 unspecified atom stereocenters. The van der Waals surface area contributed by atoms with Gasteiger partial charge in [0.25, 0.3) is 11.8 Å². The van der Waals surface area contributed by atoms with Crippen LogP contribution >= 0.6 is 0 Å².